The number of carbonyl (C=O) groups excluding carboxylic acids is 2. The highest BCUT2D eigenvalue weighted by molar-refractivity contribution is 5.96. The molecule has 1 unspecified atom stereocenters. The lowest BCUT2D eigenvalue weighted by Crippen LogP contribution is -2.48. The maximum Gasteiger partial charge on any atom is 0.328 e. The van der Waals surface area contributed by atoms with Gasteiger partial charge < -0.3 is 20.4 Å². The van der Waals surface area contributed by atoms with E-state index in [-0.39, 0.29) is 19.0 Å². The number of halogens is 1. The number of nitrogens with two attached hydrogens (primary N) is 1. The molecule has 0 aromatic carbocycles. The first-order valence-electron chi connectivity index (χ1n) is 2.72. The zero-order valence-corrected chi connectivity index (χ0v) is 6.72. The van der Waals surface area contributed by atoms with Gasteiger partial charge in [0.2, 0.25) is 0 Å². The van der Waals surface area contributed by atoms with Crippen LogP contribution in [0.1, 0.15) is 6.92 Å². The van der Waals surface area contributed by atoms with Crippen molar-refractivity contribution in [2.45, 2.75) is 13.0 Å². The Bertz CT molecular complexity index is 149. The van der Waals surface area contributed by atoms with Gasteiger partial charge in [0, 0.05) is 0 Å². The van der Waals surface area contributed by atoms with Crippen LogP contribution < -0.4 is 10.8 Å². The van der Waals surface area contributed by atoms with Crippen LogP contribution in [0.4, 0.5) is 0 Å². The second-order valence-electron chi connectivity index (χ2n) is 1.55. The Kier molecular flexibility index (Phi) is 6.92. The Labute approximate surface area is 69.9 Å². The average Bonchev–Trinajstić information content (AvgIpc) is 1.87. The highest BCUT2D eigenvalue weighted by Gasteiger charge is 2.14. The molecule has 0 bridgehead atoms. The summed E-state index contributed by atoms with van der Waals surface area (Å²) in [7, 11) is 0. The molecular weight excluding hydrogens is 174 g/mol. The minimum atomic E-state index is -1.67. The summed E-state index contributed by atoms with van der Waals surface area (Å²) in [6.07, 6.45) is 0. The molecule has 0 heterocycles. The number of hydrogen-bond donors (Lipinski definition) is 1. The van der Waals surface area contributed by atoms with Gasteiger partial charge in [-0.1, -0.05) is 0 Å². The predicted molar refractivity (Wildman–Crippen MR) is 36.9 cm³/mol. The van der Waals surface area contributed by atoms with Crippen LogP contribution in [0.25, 0.3) is 0 Å². The van der Waals surface area contributed by atoms with Crippen LogP contribution in [0, 0.1) is 0 Å². The number of aliphatic carboxylic acids is 1. The lowest BCUT2D eigenvalue weighted by Gasteiger charge is -2.09. The fraction of sp³-hybridized carbons (Fsp3) is 0.600. The van der Waals surface area contributed by atoms with E-state index in [1.807, 2.05) is 0 Å². The van der Waals surface area contributed by atoms with Crippen LogP contribution in [-0.4, -0.2) is 24.6 Å². The first-order valence-corrected chi connectivity index (χ1v) is 2.72. The van der Waals surface area contributed by atoms with E-state index < -0.39 is 18.0 Å². The number of carbonyl (C=O) groups is 2. The summed E-state index contributed by atoms with van der Waals surface area (Å²) in [5, 5.41) is 9.88. The Balaban J connectivity index is 0. The third-order valence-corrected chi connectivity index (χ3v) is 0.794. The van der Waals surface area contributed by atoms with Gasteiger partial charge in [0.15, 0.2) is 0 Å². The molecule has 0 saturated carbocycles. The van der Waals surface area contributed by atoms with Crippen molar-refractivity contribution in [3.63, 3.8) is 0 Å². The van der Waals surface area contributed by atoms with E-state index in [1.165, 1.54) is 0 Å². The van der Waals surface area contributed by atoms with Crippen LogP contribution in [-0.2, 0) is 14.3 Å². The van der Waals surface area contributed by atoms with Crippen molar-refractivity contribution in [1.82, 2.24) is 0 Å². The first-order chi connectivity index (χ1) is 4.59. The standard InChI is InChI=1S/C5H9NO4.ClH/c1-2-10-5(9)3(6)4(7)8;/h3H,2,6H2,1H3,(H,7,8);1H/p-1. The topological polar surface area (TPSA) is 92.5 Å². The summed E-state index contributed by atoms with van der Waals surface area (Å²) < 4.78 is 4.28. The summed E-state index contributed by atoms with van der Waals surface area (Å²) in [5.74, 6) is -2.60. The quantitative estimate of drug-likeness (QED) is 0.405. The zero-order chi connectivity index (χ0) is 8.15. The van der Waals surface area contributed by atoms with Crippen molar-refractivity contribution >= 4 is 24.3 Å². The van der Waals surface area contributed by atoms with Crippen molar-refractivity contribution < 1.29 is 19.4 Å². The molecule has 1 atom stereocenters. The minimum Gasteiger partial charge on any atom is -0.548 e. The normalized spacial score (nSPS) is 11.1. The van der Waals surface area contributed by atoms with Crippen molar-refractivity contribution in [2.24, 2.45) is 5.73 Å². The summed E-state index contributed by atoms with van der Waals surface area (Å²) in [6, 6.07) is -1.67. The summed E-state index contributed by atoms with van der Waals surface area (Å²) in [6.45, 7) is 1.67. The third-order valence-electron chi connectivity index (χ3n) is 0.794. The van der Waals surface area contributed by atoms with Gasteiger partial charge in [0.1, 0.15) is 6.04 Å². The Morgan fingerprint density at radius 2 is 2.09 bits per heavy atom. The first kappa shape index (κ1) is 12.8. The van der Waals surface area contributed by atoms with E-state index in [2.05, 4.69) is 4.74 Å². The molecule has 0 aromatic rings. The lowest BCUT2D eigenvalue weighted by atomic mass is 10.3. The number of esters is 1. The zero-order valence-electron chi connectivity index (χ0n) is 5.90. The van der Waals surface area contributed by atoms with Gasteiger partial charge in [-0.3, -0.25) is 0 Å². The van der Waals surface area contributed by atoms with Crippen molar-refractivity contribution in [3.8, 4) is 0 Å². The second kappa shape index (κ2) is 5.94. The molecule has 2 N–H and O–H groups in total. The minimum absolute atomic E-state index is 0. The monoisotopic (exact) mass is 182 g/mol. The van der Waals surface area contributed by atoms with Gasteiger partial charge in [0.25, 0.3) is 0 Å². The molecule has 0 radical (unpaired) electrons. The molecule has 0 aliphatic heterocycles. The molecule has 0 aromatic heterocycles. The van der Waals surface area contributed by atoms with Gasteiger partial charge in [-0.25, -0.2) is 4.79 Å². The molecule has 11 heavy (non-hydrogen) atoms. The van der Waals surface area contributed by atoms with E-state index in [0.717, 1.165) is 0 Å². The Hall–Kier alpha value is -0.810. The number of hydrogen-bond acceptors (Lipinski definition) is 5. The SMILES string of the molecule is CCOC(=O)C(N)C(=O)[O-].Cl. The highest BCUT2D eigenvalue weighted by Crippen LogP contribution is 1.82. The molecule has 66 valence electrons. The molecule has 0 amide bonds. The van der Waals surface area contributed by atoms with E-state index in [9.17, 15) is 14.7 Å². The molecule has 5 nitrogen and oxygen atoms in total. The molecule has 6 heteroatoms. The maximum absolute atomic E-state index is 10.4. The van der Waals surface area contributed by atoms with Crippen molar-refractivity contribution in [1.29, 1.82) is 0 Å². The molecular formula is C5H9ClNO4-. The van der Waals surface area contributed by atoms with E-state index in [4.69, 9.17) is 5.73 Å². The summed E-state index contributed by atoms with van der Waals surface area (Å²) >= 11 is 0. The molecule has 0 spiro atoms. The van der Waals surface area contributed by atoms with Gasteiger partial charge in [-0.05, 0) is 6.92 Å². The van der Waals surface area contributed by atoms with E-state index in [0.29, 0.717) is 0 Å². The molecule has 0 aliphatic rings. The molecule has 0 rings (SSSR count). The van der Waals surface area contributed by atoms with E-state index in [1.54, 1.807) is 6.92 Å². The van der Waals surface area contributed by atoms with Crippen LogP contribution in [0.15, 0.2) is 0 Å². The van der Waals surface area contributed by atoms with Gasteiger partial charge in [-0.15, -0.1) is 12.4 Å². The van der Waals surface area contributed by atoms with Crippen LogP contribution >= 0.6 is 12.4 Å². The number of carboxylic acids is 1. The number of carboxylic acid groups (broad SMARTS) is 1. The Morgan fingerprint density at radius 3 is 2.36 bits per heavy atom. The van der Waals surface area contributed by atoms with Crippen molar-refractivity contribution in [3.05, 3.63) is 0 Å². The van der Waals surface area contributed by atoms with Crippen LogP contribution in [0.3, 0.4) is 0 Å². The third kappa shape index (κ3) is 4.58. The smallest absolute Gasteiger partial charge is 0.328 e. The fourth-order valence-corrected chi connectivity index (χ4v) is 0.328. The molecule has 0 aliphatic carbocycles. The average molecular weight is 183 g/mol. The molecule has 0 fully saturated rings. The van der Waals surface area contributed by atoms with Crippen LogP contribution in [0.2, 0.25) is 0 Å². The Morgan fingerprint density at radius 1 is 1.64 bits per heavy atom. The summed E-state index contributed by atoms with van der Waals surface area (Å²) in [5.41, 5.74) is 4.81. The molecule has 0 saturated heterocycles. The van der Waals surface area contributed by atoms with Gasteiger partial charge in [-0.2, -0.15) is 0 Å². The summed E-state index contributed by atoms with van der Waals surface area (Å²) in [4.78, 5) is 20.3. The van der Waals surface area contributed by atoms with Crippen molar-refractivity contribution in [2.75, 3.05) is 6.61 Å². The largest absolute Gasteiger partial charge is 0.548 e. The fourth-order valence-electron chi connectivity index (χ4n) is 0.328. The van der Waals surface area contributed by atoms with Gasteiger partial charge in [0.05, 0.1) is 12.6 Å². The van der Waals surface area contributed by atoms with Gasteiger partial charge >= 0.3 is 5.97 Å². The predicted octanol–water partition coefficient (Wildman–Crippen LogP) is -1.95. The lowest BCUT2D eigenvalue weighted by molar-refractivity contribution is -0.306. The van der Waals surface area contributed by atoms with E-state index >= 15 is 0 Å². The van der Waals surface area contributed by atoms with Crippen LogP contribution in [0.5, 0.6) is 0 Å². The number of rotatable bonds is 3. The second-order valence-corrected chi connectivity index (χ2v) is 1.55. The number of ether oxygens (including phenoxy) is 1. The highest BCUT2D eigenvalue weighted by atomic mass is 35.5. The maximum atomic E-state index is 10.4.